The van der Waals surface area contributed by atoms with Gasteiger partial charge in [-0.2, -0.15) is 0 Å². The molecular weight excluding hydrogens is 337 g/mol. The number of benzene rings is 1. The molecule has 0 atom stereocenters. The van der Waals surface area contributed by atoms with E-state index in [2.05, 4.69) is 15.3 Å². The summed E-state index contributed by atoms with van der Waals surface area (Å²) in [5.74, 6) is -0.332. The van der Waals surface area contributed by atoms with Gasteiger partial charge >= 0.3 is 0 Å². The largest absolute Gasteiger partial charge is 0.339 e. The van der Waals surface area contributed by atoms with Gasteiger partial charge in [0.1, 0.15) is 11.5 Å². The number of hydrogen-bond donors (Lipinski definition) is 1. The third-order valence-electron chi connectivity index (χ3n) is 4.17. The average Bonchev–Trinajstić information content (AvgIpc) is 2.60. The van der Waals surface area contributed by atoms with Crippen molar-refractivity contribution in [3.05, 3.63) is 47.5 Å². The van der Waals surface area contributed by atoms with Crippen molar-refractivity contribution in [2.75, 3.05) is 31.5 Å². The molecule has 2 aromatic rings. The summed E-state index contributed by atoms with van der Waals surface area (Å²) < 4.78 is 13.3. The number of nitrogens with one attached hydrogen (secondary N) is 1. The summed E-state index contributed by atoms with van der Waals surface area (Å²) >= 11 is 0. The highest BCUT2D eigenvalue weighted by Crippen LogP contribution is 2.16. The van der Waals surface area contributed by atoms with Crippen molar-refractivity contribution in [1.82, 2.24) is 19.8 Å². The van der Waals surface area contributed by atoms with Crippen LogP contribution < -0.4 is 5.32 Å². The highest BCUT2D eigenvalue weighted by molar-refractivity contribution is 5.93. The molecule has 3 rings (SSSR count). The molecule has 0 saturated carbocycles. The monoisotopic (exact) mass is 357 g/mol. The molecule has 2 heterocycles. The van der Waals surface area contributed by atoms with Crippen LogP contribution in [0.1, 0.15) is 23.1 Å². The number of amides is 2. The maximum atomic E-state index is 13.3. The Labute approximate surface area is 150 Å². The lowest BCUT2D eigenvalue weighted by Gasteiger charge is -2.34. The fraction of sp³-hybridized carbons (Fsp3) is 0.333. The summed E-state index contributed by atoms with van der Waals surface area (Å²) in [6.45, 7) is 5.25. The zero-order valence-electron chi connectivity index (χ0n) is 14.7. The van der Waals surface area contributed by atoms with E-state index in [0.717, 1.165) is 0 Å². The highest BCUT2D eigenvalue weighted by atomic mass is 19.1. The van der Waals surface area contributed by atoms with Gasteiger partial charge in [0.25, 0.3) is 5.91 Å². The van der Waals surface area contributed by atoms with E-state index in [-0.39, 0.29) is 29.3 Å². The van der Waals surface area contributed by atoms with Crippen molar-refractivity contribution < 1.29 is 14.0 Å². The van der Waals surface area contributed by atoms with Crippen molar-refractivity contribution >= 4 is 23.5 Å². The minimum absolute atomic E-state index is 0.0107. The van der Waals surface area contributed by atoms with E-state index in [1.54, 1.807) is 34.9 Å². The Bertz CT molecular complexity index is 834. The van der Waals surface area contributed by atoms with Gasteiger partial charge < -0.3 is 15.1 Å². The number of rotatable bonds is 3. The van der Waals surface area contributed by atoms with Crippen molar-refractivity contribution in [2.45, 2.75) is 13.8 Å². The Morgan fingerprint density at radius 3 is 2.42 bits per heavy atom. The van der Waals surface area contributed by atoms with Crippen molar-refractivity contribution in [3.8, 4) is 0 Å². The number of hydrogen-bond acceptors (Lipinski definition) is 5. The first-order valence-electron chi connectivity index (χ1n) is 8.35. The molecule has 0 unspecified atom stereocenters. The second kappa shape index (κ2) is 7.47. The molecule has 136 valence electrons. The summed E-state index contributed by atoms with van der Waals surface area (Å²) in [5.41, 5.74) is 1.40. The van der Waals surface area contributed by atoms with Gasteiger partial charge in [-0.15, -0.1) is 0 Å². The lowest BCUT2D eigenvalue weighted by Crippen LogP contribution is -2.50. The quantitative estimate of drug-likeness (QED) is 0.909. The van der Waals surface area contributed by atoms with Crippen molar-refractivity contribution in [1.29, 1.82) is 0 Å². The first-order valence-corrected chi connectivity index (χ1v) is 8.35. The number of anilines is 2. The second-order valence-corrected chi connectivity index (χ2v) is 6.15. The van der Waals surface area contributed by atoms with Crippen LogP contribution in [0.3, 0.4) is 0 Å². The van der Waals surface area contributed by atoms with Crippen LogP contribution in [-0.2, 0) is 4.79 Å². The lowest BCUT2D eigenvalue weighted by molar-refractivity contribution is -0.130. The molecule has 8 heteroatoms. The van der Waals surface area contributed by atoms with E-state index in [4.69, 9.17) is 0 Å². The predicted octanol–water partition coefficient (Wildman–Crippen LogP) is 1.97. The van der Waals surface area contributed by atoms with E-state index in [0.29, 0.717) is 37.6 Å². The number of aryl methyl sites for hydroxylation is 1. The van der Waals surface area contributed by atoms with Gasteiger partial charge in [-0.1, -0.05) is 6.07 Å². The molecule has 1 fully saturated rings. The summed E-state index contributed by atoms with van der Waals surface area (Å²) in [5, 5.41) is 2.92. The SMILES string of the molecule is CC(=O)N1CCN(C(=O)c2cc(C)nc(Nc3cccc(F)c3)n2)CC1. The van der Waals surface area contributed by atoms with Crippen LogP contribution in [0.2, 0.25) is 0 Å². The number of aromatic nitrogens is 2. The number of carbonyl (C=O) groups excluding carboxylic acids is 2. The maximum Gasteiger partial charge on any atom is 0.272 e. The Balaban J connectivity index is 1.75. The van der Waals surface area contributed by atoms with E-state index in [9.17, 15) is 14.0 Å². The summed E-state index contributed by atoms with van der Waals surface area (Å²) in [6.07, 6.45) is 0. The predicted molar refractivity (Wildman–Crippen MR) is 94.6 cm³/mol. The normalized spacial score (nSPS) is 14.3. The van der Waals surface area contributed by atoms with Gasteiger partial charge in [-0.25, -0.2) is 14.4 Å². The molecule has 0 radical (unpaired) electrons. The average molecular weight is 357 g/mol. The van der Waals surface area contributed by atoms with Crippen LogP contribution >= 0.6 is 0 Å². The van der Waals surface area contributed by atoms with Crippen molar-refractivity contribution in [3.63, 3.8) is 0 Å². The standard InChI is InChI=1S/C18H20FN5O2/c1-12-10-16(17(26)24-8-6-23(7-9-24)13(2)25)22-18(20-12)21-15-5-3-4-14(19)11-15/h3-5,10-11H,6-9H2,1-2H3,(H,20,21,22). The molecule has 1 aliphatic rings. The summed E-state index contributed by atoms with van der Waals surface area (Å²) in [4.78, 5) is 36.0. The van der Waals surface area contributed by atoms with Crippen molar-refractivity contribution in [2.24, 2.45) is 0 Å². The van der Waals surface area contributed by atoms with Crippen LogP contribution in [0.5, 0.6) is 0 Å². The number of carbonyl (C=O) groups is 2. The van der Waals surface area contributed by atoms with Gasteiger partial charge in [-0.3, -0.25) is 9.59 Å². The Kier molecular flexibility index (Phi) is 5.11. The molecule has 1 aromatic heterocycles. The fourth-order valence-corrected chi connectivity index (χ4v) is 2.82. The van der Waals surface area contributed by atoms with E-state index in [1.807, 2.05) is 0 Å². The van der Waals surface area contributed by atoms with Crippen LogP contribution in [0, 0.1) is 12.7 Å². The third kappa shape index (κ3) is 4.14. The molecule has 1 saturated heterocycles. The topological polar surface area (TPSA) is 78.4 Å². The Morgan fingerprint density at radius 2 is 1.77 bits per heavy atom. The molecule has 1 N–H and O–H groups in total. The molecular formula is C18H20FN5O2. The second-order valence-electron chi connectivity index (χ2n) is 6.15. The highest BCUT2D eigenvalue weighted by Gasteiger charge is 2.24. The fourth-order valence-electron chi connectivity index (χ4n) is 2.82. The lowest BCUT2D eigenvalue weighted by atomic mass is 10.2. The summed E-state index contributed by atoms with van der Waals surface area (Å²) in [7, 11) is 0. The maximum absolute atomic E-state index is 13.3. The van der Waals surface area contributed by atoms with Crippen LogP contribution in [0.4, 0.5) is 16.0 Å². The molecule has 0 aliphatic carbocycles. The Hall–Kier alpha value is -3.03. The third-order valence-corrected chi connectivity index (χ3v) is 4.17. The van der Waals surface area contributed by atoms with E-state index in [1.165, 1.54) is 19.1 Å². The molecule has 7 nitrogen and oxygen atoms in total. The Morgan fingerprint density at radius 1 is 1.08 bits per heavy atom. The van der Waals surface area contributed by atoms with E-state index >= 15 is 0 Å². The number of piperazine rings is 1. The zero-order valence-corrected chi connectivity index (χ0v) is 14.7. The van der Waals surface area contributed by atoms with Gasteiger partial charge in [0.2, 0.25) is 11.9 Å². The zero-order chi connectivity index (χ0) is 18.7. The van der Waals surface area contributed by atoms with Gasteiger partial charge in [-0.05, 0) is 31.2 Å². The van der Waals surface area contributed by atoms with Crippen LogP contribution in [0.25, 0.3) is 0 Å². The smallest absolute Gasteiger partial charge is 0.272 e. The first kappa shape index (κ1) is 17.8. The van der Waals surface area contributed by atoms with Gasteiger partial charge in [0.05, 0.1) is 0 Å². The molecule has 2 amide bonds. The van der Waals surface area contributed by atoms with Crippen LogP contribution in [-0.4, -0.2) is 57.8 Å². The minimum Gasteiger partial charge on any atom is -0.339 e. The van der Waals surface area contributed by atoms with Gasteiger partial charge in [0, 0.05) is 44.5 Å². The molecule has 0 spiro atoms. The minimum atomic E-state index is -0.373. The first-order chi connectivity index (χ1) is 12.4. The molecule has 1 aliphatic heterocycles. The number of halogens is 1. The summed E-state index contributed by atoms with van der Waals surface area (Å²) in [6, 6.07) is 7.56. The molecule has 1 aromatic carbocycles. The number of nitrogens with zero attached hydrogens (tertiary/aromatic N) is 4. The molecule has 0 bridgehead atoms. The molecule has 26 heavy (non-hydrogen) atoms. The van der Waals surface area contributed by atoms with Crippen LogP contribution in [0.15, 0.2) is 30.3 Å². The van der Waals surface area contributed by atoms with Gasteiger partial charge in [0.15, 0.2) is 0 Å². The van der Waals surface area contributed by atoms with E-state index < -0.39 is 0 Å².